The summed E-state index contributed by atoms with van der Waals surface area (Å²) >= 11 is 0. The molecule has 5 aliphatic heterocycles. The number of halogens is 5. The van der Waals surface area contributed by atoms with Crippen molar-refractivity contribution >= 4 is 11.5 Å². The Morgan fingerprint density at radius 3 is 2.88 bits per heavy atom. The molecule has 1 aromatic carbocycles. The van der Waals surface area contributed by atoms with Crippen LogP contribution in [0.25, 0.3) is 0 Å². The minimum absolute atomic E-state index is 0.0806. The lowest BCUT2D eigenvalue weighted by molar-refractivity contribution is -0.140. The molecule has 5 atom stereocenters. The number of fused-ring (bicyclic) bond motifs is 3. The molecule has 0 bridgehead atoms. The number of nitrogens with zero attached hydrogens (tertiary/aromatic N) is 4. The second kappa shape index (κ2) is 9.63. The van der Waals surface area contributed by atoms with Crippen LogP contribution in [-0.4, -0.2) is 71.4 Å². The Kier molecular flexibility index (Phi) is 6.36. The number of nitrogens with two attached hydrogens (primary N) is 1. The third-order valence-corrected chi connectivity index (χ3v) is 9.60. The van der Waals surface area contributed by atoms with Crippen LogP contribution in [0.1, 0.15) is 59.7 Å². The summed E-state index contributed by atoms with van der Waals surface area (Å²) in [5, 5.41) is 3.46. The van der Waals surface area contributed by atoms with E-state index in [0.29, 0.717) is 36.1 Å². The molecule has 0 radical (unpaired) electrons. The maximum Gasteiger partial charge on any atom is 0.417 e. The number of nitrogen functional groups attached to an aromatic ring is 1. The summed E-state index contributed by atoms with van der Waals surface area (Å²) in [6.45, 7) is 4.21. The Morgan fingerprint density at radius 1 is 1.27 bits per heavy atom. The van der Waals surface area contributed by atoms with Crippen LogP contribution in [-0.2, 0) is 23.9 Å². The molecule has 41 heavy (non-hydrogen) atoms. The van der Waals surface area contributed by atoms with Gasteiger partial charge in [0.15, 0.2) is 5.82 Å². The average molecular weight is 581 g/mol. The SMILES string of the molecule is Cc1cc(N)c(F)c([C@@H]2Cc3nc(OC[C@@]45CCCN4C[C@H](F)C5)nc(N4C[C@@H]5NCC[C@@H]54)c3CO2)c1C(F)(F)F. The third kappa shape index (κ3) is 4.42. The van der Waals surface area contributed by atoms with E-state index in [4.69, 9.17) is 20.2 Å². The van der Waals surface area contributed by atoms with Gasteiger partial charge in [0.25, 0.3) is 0 Å². The lowest BCUT2D eigenvalue weighted by atomic mass is 9.90. The van der Waals surface area contributed by atoms with E-state index in [1.54, 1.807) is 0 Å². The molecule has 222 valence electrons. The zero-order valence-corrected chi connectivity index (χ0v) is 22.7. The van der Waals surface area contributed by atoms with Gasteiger partial charge in [0.1, 0.15) is 18.6 Å². The molecule has 4 fully saturated rings. The van der Waals surface area contributed by atoms with Gasteiger partial charge in [-0.05, 0) is 50.9 Å². The lowest BCUT2D eigenvalue weighted by Crippen LogP contribution is -2.61. The Labute approximate surface area is 234 Å². The number of aromatic nitrogens is 2. The highest BCUT2D eigenvalue weighted by molar-refractivity contribution is 5.57. The maximum atomic E-state index is 15.3. The summed E-state index contributed by atoms with van der Waals surface area (Å²) in [5.74, 6) is -0.503. The summed E-state index contributed by atoms with van der Waals surface area (Å²) in [7, 11) is 0. The lowest BCUT2D eigenvalue weighted by Gasteiger charge is -2.46. The number of alkyl halides is 4. The van der Waals surface area contributed by atoms with Gasteiger partial charge in [-0.3, -0.25) is 4.90 Å². The molecule has 5 aliphatic rings. The van der Waals surface area contributed by atoms with Crippen molar-refractivity contribution in [1.29, 1.82) is 0 Å². The number of aryl methyl sites for hydroxylation is 1. The first kappa shape index (κ1) is 27.1. The Balaban J connectivity index is 1.24. The van der Waals surface area contributed by atoms with E-state index in [1.165, 1.54) is 6.92 Å². The van der Waals surface area contributed by atoms with Gasteiger partial charge >= 0.3 is 12.2 Å². The average Bonchev–Trinajstić information content (AvgIpc) is 3.55. The molecule has 0 unspecified atom stereocenters. The van der Waals surface area contributed by atoms with E-state index in [0.717, 1.165) is 45.0 Å². The van der Waals surface area contributed by atoms with Gasteiger partial charge in [0, 0.05) is 49.1 Å². The molecule has 7 rings (SSSR count). The first-order valence-corrected chi connectivity index (χ1v) is 14.2. The summed E-state index contributed by atoms with van der Waals surface area (Å²) in [6.07, 6.45) is -3.97. The predicted molar refractivity (Wildman–Crippen MR) is 140 cm³/mol. The normalized spacial score (nSPS) is 31.1. The monoisotopic (exact) mass is 580 g/mol. The number of ether oxygens (including phenoxy) is 2. The zero-order chi connectivity index (χ0) is 28.7. The highest BCUT2D eigenvalue weighted by Crippen LogP contribution is 2.46. The molecule has 3 N–H and O–H groups in total. The van der Waals surface area contributed by atoms with Crippen molar-refractivity contribution in [1.82, 2.24) is 20.2 Å². The fraction of sp³-hybridized carbons (Fsp3) is 0.643. The van der Waals surface area contributed by atoms with E-state index in [-0.39, 0.29) is 42.9 Å². The second-order valence-corrected chi connectivity index (χ2v) is 12.1. The van der Waals surface area contributed by atoms with Crippen molar-refractivity contribution in [2.75, 3.05) is 43.4 Å². The van der Waals surface area contributed by atoms with Crippen LogP contribution < -0.4 is 20.7 Å². The fourth-order valence-corrected chi connectivity index (χ4v) is 7.66. The predicted octanol–water partition coefficient (Wildman–Crippen LogP) is 3.84. The molecule has 0 amide bonds. The molecular weight excluding hydrogens is 547 g/mol. The Bertz CT molecular complexity index is 1370. The highest BCUT2D eigenvalue weighted by Gasteiger charge is 2.50. The van der Waals surface area contributed by atoms with Crippen LogP contribution >= 0.6 is 0 Å². The molecule has 8 nitrogen and oxygen atoms in total. The first-order chi connectivity index (χ1) is 19.5. The van der Waals surface area contributed by atoms with Crippen LogP contribution in [0.4, 0.5) is 33.5 Å². The number of rotatable bonds is 5. The van der Waals surface area contributed by atoms with Crippen molar-refractivity contribution in [3.8, 4) is 6.01 Å². The molecule has 4 saturated heterocycles. The molecule has 0 aliphatic carbocycles. The Morgan fingerprint density at radius 2 is 2.10 bits per heavy atom. The minimum atomic E-state index is -4.80. The number of benzene rings is 1. The molecule has 13 heteroatoms. The standard InChI is InChI=1S/C28H33F5N6O2/c1-14-7-17(34)24(30)22(23(14)28(31,32)33)21-8-18-16(12-40-21)25(39-11-19-20(39)3-5-35-19)37-26(36-18)41-13-27-4-2-6-38(27)10-15(29)9-27/h7,15,19-21,35H,2-6,8-13,34H2,1H3/t15-,19+,20+,21+,27+/m1/s1. The summed E-state index contributed by atoms with van der Waals surface area (Å²) in [4.78, 5) is 13.7. The van der Waals surface area contributed by atoms with E-state index in [2.05, 4.69) is 20.1 Å². The van der Waals surface area contributed by atoms with Gasteiger partial charge in [0.05, 0.1) is 35.2 Å². The largest absolute Gasteiger partial charge is 0.461 e. The van der Waals surface area contributed by atoms with Crippen molar-refractivity contribution in [2.45, 2.75) is 81.7 Å². The summed E-state index contributed by atoms with van der Waals surface area (Å²) < 4.78 is 84.0. The van der Waals surface area contributed by atoms with Crippen LogP contribution in [0.5, 0.6) is 6.01 Å². The van der Waals surface area contributed by atoms with Crippen LogP contribution in [0.2, 0.25) is 0 Å². The zero-order valence-electron chi connectivity index (χ0n) is 22.7. The van der Waals surface area contributed by atoms with Gasteiger partial charge in [-0.15, -0.1) is 0 Å². The molecule has 6 heterocycles. The third-order valence-electron chi connectivity index (χ3n) is 9.60. The van der Waals surface area contributed by atoms with Crippen molar-refractivity contribution in [3.63, 3.8) is 0 Å². The van der Waals surface area contributed by atoms with Crippen LogP contribution in [0.15, 0.2) is 6.07 Å². The molecule has 0 spiro atoms. The first-order valence-electron chi connectivity index (χ1n) is 14.2. The van der Waals surface area contributed by atoms with E-state index >= 15 is 4.39 Å². The molecular formula is C28H33F5N6O2. The Hall–Kier alpha value is -2.77. The van der Waals surface area contributed by atoms with Gasteiger partial charge in [-0.2, -0.15) is 23.1 Å². The number of hydrogen-bond donors (Lipinski definition) is 2. The van der Waals surface area contributed by atoms with Crippen molar-refractivity contribution < 1.29 is 31.4 Å². The van der Waals surface area contributed by atoms with Crippen LogP contribution in [0, 0.1) is 12.7 Å². The topological polar surface area (TPSA) is 88.8 Å². The number of hydrogen-bond acceptors (Lipinski definition) is 8. The van der Waals surface area contributed by atoms with Gasteiger partial charge in [-0.25, -0.2) is 8.78 Å². The quantitative estimate of drug-likeness (QED) is 0.408. The van der Waals surface area contributed by atoms with E-state index in [9.17, 15) is 17.6 Å². The van der Waals surface area contributed by atoms with Crippen LogP contribution in [0.3, 0.4) is 0 Å². The van der Waals surface area contributed by atoms with Crippen molar-refractivity contribution in [3.05, 3.63) is 39.8 Å². The summed E-state index contributed by atoms with van der Waals surface area (Å²) in [5.41, 5.74) is 4.26. The summed E-state index contributed by atoms with van der Waals surface area (Å²) in [6, 6.07) is 1.66. The molecule has 0 saturated carbocycles. The highest BCUT2D eigenvalue weighted by atomic mass is 19.4. The van der Waals surface area contributed by atoms with E-state index < -0.39 is 40.9 Å². The van der Waals surface area contributed by atoms with E-state index in [1.807, 2.05) is 0 Å². The molecule has 1 aromatic heterocycles. The van der Waals surface area contributed by atoms with Gasteiger partial charge in [-0.1, -0.05) is 0 Å². The number of anilines is 2. The smallest absolute Gasteiger partial charge is 0.417 e. The second-order valence-electron chi connectivity index (χ2n) is 12.1. The van der Waals surface area contributed by atoms with Crippen molar-refractivity contribution in [2.24, 2.45) is 0 Å². The van der Waals surface area contributed by atoms with Gasteiger partial charge in [0.2, 0.25) is 0 Å². The maximum absolute atomic E-state index is 15.3. The molecule has 2 aromatic rings. The van der Waals surface area contributed by atoms with Gasteiger partial charge < -0.3 is 25.4 Å². The minimum Gasteiger partial charge on any atom is -0.461 e. The number of nitrogens with one attached hydrogen (secondary N) is 1. The fourth-order valence-electron chi connectivity index (χ4n) is 7.66.